The van der Waals surface area contributed by atoms with Crippen molar-refractivity contribution in [2.24, 2.45) is 0 Å². The first-order chi connectivity index (χ1) is 16.8. The highest BCUT2D eigenvalue weighted by Crippen LogP contribution is 2.32. The molecule has 0 spiro atoms. The molecule has 3 rings (SSSR count). The first kappa shape index (κ1) is 26.4. The molecule has 1 heterocycles. The second kappa shape index (κ2) is 12.5. The third-order valence-electron chi connectivity index (χ3n) is 5.91. The van der Waals surface area contributed by atoms with Crippen molar-refractivity contribution >= 4 is 39.3 Å². The first-order valence-corrected chi connectivity index (χ1v) is 13.5. The zero-order valence-corrected chi connectivity index (χ0v) is 21.2. The van der Waals surface area contributed by atoms with Crippen molar-refractivity contribution < 1.29 is 18.0 Å². The van der Waals surface area contributed by atoms with E-state index in [9.17, 15) is 18.0 Å². The predicted molar refractivity (Wildman–Crippen MR) is 140 cm³/mol. The quantitative estimate of drug-likeness (QED) is 0.462. The average Bonchev–Trinajstić information content (AvgIpc) is 3.39. The van der Waals surface area contributed by atoms with Crippen LogP contribution in [-0.2, 0) is 19.6 Å². The van der Waals surface area contributed by atoms with Crippen LogP contribution < -0.4 is 15.5 Å². The molecule has 0 bridgehead atoms. The second-order valence-electron chi connectivity index (χ2n) is 8.30. The number of anilines is 2. The molecule has 1 aliphatic heterocycles. The van der Waals surface area contributed by atoms with Crippen LogP contribution in [0.1, 0.15) is 38.7 Å². The van der Waals surface area contributed by atoms with Gasteiger partial charge in [0, 0.05) is 45.2 Å². The van der Waals surface area contributed by atoms with Crippen LogP contribution in [0.2, 0.25) is 0 Å². The number of nitrogens with one attached hydrogen (secondary N) is 2. The van der Waals surface area contributed by atoms with Crippen LogP contribution in [0.3, 0.4) is 0 Å². The van der Waals surface area contributed by atoms with Gasteiger partial charge in [-0.1, -0.05) is 44.2 Å². The summed E-state index contributed by atoms with van der Waals surface area (Å²) in [5.41, 5.74) is 2.19. The van der Waals surface area contributed by atoms with Crippen LogP contribution >= 0.6 is 0 Å². The number of carbonyl (C=O) groups is 2. The molecular weight excluding hydrogens is 464 g/mol. The van der Waals surface area contributed by atoms with Crippen LogP contribution in [0.25, 0.3) is 6.08 Å². The Balaban J connectivity index is 1.67. The smallest absolute Gasteiger partial charge is 0.244 e. The van der Waals surface area contributed by atoms with Crippen molar-refractivity contribution in [3.63, 3.8) is 0 Å². The monoisotopic (exact) mass is 498 g/mol. The van der Waals surface area contributed by atoms with Crippen LogP contribution in [0.15, 0.2) is 59.5 Å². The highest BCUT2D eigenvalue weighted by Gasteiger charge is 2.25. The van der Waals surface area contributed by atoms with Crippen LogP contribution in [0.4, 0.5) is 11.4 Å². The van der Waals surface area contributed by atoms with Gasteiger partial charge in [-0.25, -0.2) is 8.42 Å². The lowest BCUT2D eigenvalue weighted by Gasteiger charge is -2.24. The summed E-state index contributed by atoms with van der Waals surface area (Å²) in [6.07, 6.45) is 5.31. The molecular formula is C26H34N4O4S. The van der Waals surface area contributed by atoms with E-state index < -0.39 is 10.0 Å². The third-order valence-corrected chi connectivity index (χ3v) is 7.96. The number of benzene rings is 2. The number of nitrogens with zero attached hydrogens (tertiary/aromatic N) is 2. The molecule has 0 aliphatic carbocycles. The molecule has 0 radical (unpaired) electrons. The van der Waals surface area contributed by atoms with Gasteiger partial charge in [0.2, 0.25) is 21.8 Å². The van der Waals surface area contributed by atoms with Crippen molar-refractivity contribution in [3.05, 3.63) is 60.2 Å². The van der Waals surface area contributed by atoms with Crippen molar-refractivity contribution in [3.8, 4) is 0 Å². The molecule has 0 unspecified atom stereocenters. The van der Waals surface area contributed by atoms with Gasteiger partial charge in [-0.05, 0) is 42.7 Å². The summed E-state index contributed by atoms with van der Waals surface area (Å²) in [6.45, 7) is 6.21. The summed E-state index contributed by atoms with van der Waals surface area (Å²) in [5, 5.41) is 5.58. The summed E-state index contributed by atoms with van der Waals surface area (Å²) in [5.74, 6) is -0.582. The van der Waals surface area contributed by atoms with Gasteiger partial charge >= 0.3 is 0 Å². The SMILES string of the molecule is CCN(CC)S(=O)(=O)c1ccc(N2CCCC2)c(NC(=O)CCNC(=O)/C=C\c2ccccc2)c1. The lowest BCUT2D eigenvalue weighted by Crippen LogP contribution is -2.31. The maximum absolute atomic E-state index is 13.0. The Kier molecular flexibility index (Phi) is 9.45. The summed E-state index contributed by atoms with van der Waals surface area (Å²) in [7, 11) is -3.66. The van der Waals surface area contributed by atoms with E-state index in [-0.39, 0.29) is 29.7 Å². The topological polar surface area (TPSA) is 98.8 Å². The minimum absolute atomic E-state index is 0.0668. The molecule has 9 heteroatoms. The average molecular weight is 499 g/mol. The van der Waals surface area contributed by atoms with Crippen molar-refractivity contribution in [2.45, 2.75) is 38.0 Å². The van der Waals surface area contributed by atoms with Gasteiger partial charge in [0.05, 0.1) is 16.3 Å². The Morgan fingerprint density at radius 3 is 2.37 bits per heavy atom. The highest BCUT2D eigenvalue weighted by molar-refractivity contribution is 7.89. The first-order valence-electron chi connectivity index (χ1n) is 12.0. The second-order valence-corrected chi connectivity index (χ2v) is 10.2. The standard InChI is InChI=1S/C26H34N4O4S/c1-3-30(4-2)35(33,34)22-13-14-24(29-18-8-9-19-29)23(20-22)28-26(32)16-17-27-25(31)15-12-21-10-6-5-7-11-21/h5-7,10-15,20H,3-4,8-9,16-19H2,1-2H3,(H,27,31)(H,28,32)/b15-12-. The summed E-state index contributed by atoms with van der Waals surface area (Å²) < 4.78 is 27.4. The van der Waals surface area contributed by atoms with E-state index in [2.05, 4.69) is 15.5 Å². The van der Waals surface area contributed by atoms with E-state index >= 15 is 0 Å². The number of hydrogen-bond donors (Lipinski definition) is 2. The van der Waals surface area contributed by atoms with Gasteiger partial charge in [0.1, 0.15) is 0 Å². The molecule has 1 aliphatic rings. The van der Waals surface area contributed by atoms with E-state index in [1.165, 1.54) is 10.4 Å². The number of sulfonamides is 1. The molecule has 1 saturated heterocycles. The lowest BCUT2D eigenvalue weighted by atomic mass is 10.2. The minimum atomic E-state index is -3.66. The van der Waals surface area contributed by atoms with Crippen molar-refractivity contribution in [1.29, 1.82) is 0 Å². The molecule has 2 amide bonds. The van der Waals surface area contributed by atoms with E-state index in [0.29, 0.717) is 18.8 Å². The van der Waals surface area contributed by atoms with Crippen molar-refractivity contribution in [2.75, 3.05) is 42.9 Å². The van der Waals surface area contributed by atoms with E-state index in [4.69, 9.17) is 0 Å². The lowest BCUT2D eigenvalue weighted by molar-refractivity contribution is -0.117. The zero-order chi connectivity index (χ0) is 25.3. The summed E-state index contributed by atoms with van der Waals surface area (Å²) in [6, 6.07) is 14.4. The number of carbonyl (C=O) groups excluding carboxylic acids is 2. The Labute approximate surface area is 208 Å². The molecule has 1 fully saturated rings. The van der Waals surface area contributed by atoms with Gasteiger partial charge < -0.3 is 15.5 Å². The molecule has 2 aromatic carbocycles. The fourth-order valence-corrected chi connectivity index (χ4v) is 5.51. The maximum atomic E-state index is 13.0. The normalized spacial score (nSPS) is 14.0. The maximum Gasteiger partial charge on any atom is 0.244 e. The van der Waals surface area contributed by atoms with E-state index in [1.807, 2.05) is 30.3 Å². The molecule has 2 N–H and O–H groups in total. The Morgan fingerprint density at radius 1 is 1.03 bits per heavy atom. The molecule has 35 heavy (non-hydrogen) atoms. The van der Waals surface area contributed by atoms with Crippen molar-refractivity contribution in [1.82, 2.24) is 9.62 Å². The highest BCUT2D eigenvalue weighted by atomic mass is 32.2. The molecule has 188 valence electrons. The van der Waals surface area contributed by atoms with E-state index in [1.54, 1.807) is 38.1 Å². The van der Waals surface area contributed by atoms with Gasteiger partial charge in [-0.3, -0.25) is 9.59 Å². The minimum Gasteiger partial charge on any atom is -0.370 e. The fourth-order valence-electron chi connectivity index (χ4n) is 4.03. The molecule has 2 aromatic rings. The third kappa shape index (κ3) is 7.16. The number of rotatable bonds is 11. The van der Waals surface area contributed by atoms with Crippen LogP contribution in [0, 0.1) is 0 Å². The fraction of sp³-hybridized carbons (Fsp3) is 0.385. The van der Waals surface area contributed by atoms with Crippen LogP contribution in [0.5, 0.6) is 0 Å². The Hall–Kier alpha value is -3.17. The molecule has 0 aromatic heterocycles. The van der Waals surface area contributed by atoms with Gasteiger partial charge in [0.25, 0.3) is 0 Å². The number of amides is 2. The Morgan fingerprint density at radius 2 is 1.71 bits per heavy atom. The summed E-state index contributed by atoms with van der Waals surface area (Å²) >= 11 is 0. The molecule has 8 nitrogen and oxygen atoms in total. The molecule has 0 saturated carbocycles. The van der Waals surface area contributed by atoms with Crippen LogP contribution in [-0.4, -0.2) is 57.3 Å². The van der Waals surface area contributed by atoms with Gasteiger partial charge in [-0.2, -0.15) is 4.31 Å². The number of hydrogen-bond acceptors (Lipinski definition) is 5. The van der Waals surface area contributed by atoms with Gasteiger partial charge in [0.15, 0.2) is 0 Å². The summed E-state index contributed by atoms with van der Waals surface area (Å²) in [4.78, 5) is 27.0. The zero-order valence-electron chi connectivity index (χ0n) is 20.4. The van der Waals surface area contributed by atoms with Gasteiger partial charge in [-0.15, -0.1) is 0 Å². The molecule has 0 atom stereocenters. The van der Waals surface area contributed by atoms with E-state index in [0.717, 1.165) is 37.2 Å². The predicted octanol–water partition coefficient (Wildman–Crippen LogP) is 3.48. The Bertz CT molecular complexity index is 1140. The largest absolute Gasteiger partial charge is 0.370 e.